The average molecular weight is 147 g/mol. The number of carbonyl (C=O) groups excluding carboxylic acids is 1. The van der Waals surface area contributed by atoms with Crippen LogP contribution in [0.2, 0.25) is 0 Å². The van der Waals surface area contributed by atoms with Crippen molar-refractivity contribution in [3.63, 3.8) is 0 Å². The van der Waals surface area contributed by atoms with Gasteiger partial charge < -0.3 is 5.32 Å². The fraction of sp³-hybridized carbons (Fsp3) is 0. The van der Waals surface area contributed by atoms with Gasteiger partial charge in [0.05, 0.1) is 0 Å². The normalized spacial score (nSPS) is 8.73. The van der Waals surface area contributed by atoms with Crippen LogP contribution in [-0.4, -0.2) is 5.91 Å². The lowest BCUT2D eigenvalue weighted by Crippen LogP contribution is -2.15. The molecule has 56 valence electrons. The van der Waals surface area contributed by atoms with Gasteiger partial charge in [-0.15, -0.1) is 0 Å². The minimum atomic E-state index is -0.124. The van der Waals surface area contributed by atoms with Crippen molar-refractivity contribution in [2.75, 3.05) is 0 Å². The lowest BCUT2D eigenvalue weighted by Gasteiger charge is -1.97. The van der Waals surface area contributed by atoms with Crippen LogP contribution in [0.15, 0.2) is 43.1 Å². The van der Waals surface area contributed by atoms with E-state index in [0.29, 0.717) is 5.56 Å². The Balaban J connectivity index is 2.77. The van der Waals surface area contributed by atoms with E-state index in [-0.39, 0.29) is 5.91 Å². The molecule has 0 aliphatic carbocycles. The van der Waals surface area contributed by atoms with Crippen LogP contribution in [0, 0.1) is 0 Å². The summed E-state index contributed by atoms with van der Waals surface area (Å²) in [5.74, 6) is -0.124. The smallest absolute Gasteiger partial charge is 0.255 e. The maximum atomic E-state index is 11.1. The molecule has 0 saturated heterocycles. The predicted octanol–water partition coefficient (Wildman–Crippen LogP) is 1.56. The molecule has 0 aromatic heterocycles. The quantitative estimate of drug-likeness (QED) is 0.675. The largest absolute Gasteiger partial charge is 0.329 e. The Hall–Kier alpha value is -1.57. The summed E-state index contributed by atoms with van der Waals surface area (Å²) in [5.41, 5.74) is 0.646. The van der Waals surface area contributed by atoms with E-state index in [9.17, 15) is 4.79 Å². The minimum absolute atomic E-state index is 0.124. The van der Waals surface area contributed by atoms with Gasteiger partial charge in [0.25, 0.3) is 5.91 Å². The highest BCUT2D eigenvalue weighted by molar-refractivity contribution is 5.94. The van der Waals surface area contributed by atoms with Gasteiger partial charge in [0.1, 0.15) is 0 Å². The molecule has 0 radical (unpaired) electrons. The lowest BCUT2D eigenvalue weighted by molar-refractivity contribution is 0.0970. The van der Waals surface area contributed by atoms with Crippen molar-refractivity contribution in [2.45, 2.75) is 0 Å². The molecule has 0 heterocycles. The molecule has 1 N–H and O–H groups in total. The second-order valence-electron chi connectivity index (χ2n) is 2.04. The van der Waals surface area contributed by atoms with Crippen molar-refractivity contribution in [2.24, 2.45) is 0 Å². The summed E-state index contributed by atoms with van der Waals surface area (Å²) >= 11 is 0. The van der Waals surface area contributed by atoms with Crippen LogP contribution >= 0.6 is 0 Å². The third kappa shape index (κ3) is 1.93. The van der Waals surface area contributed by atoms with Gasteiger partial charge in [-0.25, -0.2) is 0 Å². The van der Waals surface area contributed by atoms with E-state index in [1.54, 1.807) is 12.1 Å². The van der Waals surface area contributed by atoms with Crippen LogP contribution in [0.1, 0.15) is 10.4 Å². The second-order valence-corrected chi connectivity index (χ2v) is 2.04. The molecule has 0 unspecified atom stereocenters. The molecule has 1 amide bonds. The number of benzene rings is 1. The Morgan fingerprint density at radius 2 is 2.00 bits per heavy atom. The first-order valence-corrected chi connectivity index (χ1v) is 3.31. The monoisotopic (exact) mass is 147 g/mol. The topological polar surface area (TPSA) is 29.1 Å². The van der Waals surface area contributed by atoms with Gasteiger partial charge in [0, 0.05) is 5.56 Å². The van der Waals surface area contributed by atoms with Crippen LogP contribution in [0.4, 0.5) is 0 Å². The van der Waals surface area contributed by atoms with Crippen molar-refractivity contribution >= 4 is 5.91 Å². The molecule has 2 nitrogen and oxygen atoms in total. The summed E-state index contributed by atoms with van der Waals surface area (Å²) in [7, 11) is 0. The van der Waals surface area contributed by atoms with Gasteiger partial charge in [-0.3, -0.25) is 4.79 Å². The molecule has 1 aromatic carbocycles. The Kier molecular flexibility index (Phi) is 2.44. The molecule has 1 aromatic rings. The maximum absolute atomic E-state index is 11.1. The van der Waals surface area contributed by atoms with Crippen LogP contribution in [-0.2, 0) is 0 Å². The van der Waals surface area contributed by atoms with Crippen molar-refractivity contribution in [3.05, 3.63) is 48.7 Å². The standard InChI is InChI=1S/C9H9NO/c1-2-10-9(11)8-6-4-3-5-7-8/h2-7H,1H2,(H,10,11). The van der Waals surface area contributed by atoms with Gasteiger partial charge in [-0.05, 0) is 18.3 Å². The molecule has 0 fully saturated rings. The first-order chi connectivity index (χ1) is 5.34. The highest BCUT2D eigenvalue weighted by atomic mass is 16.1. The molecule has 11 heavy (non-hydrogen) atoms. The molecule has 0 spiro atoms. The SMILES string of the molecule is C=CNC(=O)c1ccccc1. The van der Waals surface area contributed by atoms with E-state index in [1.807, 2.05) is 18.2 Å². The molecule has 0 atom stereocenters. The molecular weight excluding hydrogens is 138 g/mol. The third-order valence-corrected chi connectivity index (χ3v) is 1.27. The van der Waals surface area contributed by atoms with E-state index in [0.717, 1.165) is 0 Å². The number of rotatable bonds is 2. The summed E-state index contributed by atoms with van der Waals surface area (Å²) in [4.78, 5) is 11.1. The zero-order chi connectivity index (χ0) is 8.10. The number of hydrogen-bond acceptors (Lipinski definition) is 1. The van der Waals surface area contributed by atoms with Gasteiger partial charge in [-0.1, -0.05) is 24.8 Å². The zero-order valence-electron chi connectivity index (χ0n) is 6.08. The van der Waals surface area contributed by atoms with Crippen molar-refractivity contribution in [1.29, 1.82) is 0 Å². The lowest BCUT2D eigenvalue weighted by atomic mass is 10.2. The van der Waals surface area contributed by atoms with Crippen molar-refractivity contribution in [3.8, 4) is 0 Å². The first kappa shape index (κ1) is 7.54. The highest BCUT2D eigenvalue weighted by Crippen LogP contribution is 1.96. The van der Waals surface area contributed by atoms with Gasteiger partial charge in [0.15, 0.2) is 0 Å². The van der Waals surface area contributed by atoms with Crippen LogP contribution in [0.5, 0.6) is 0 Å². The summed E-state index contributed by atoms with van der Waals surface area (Å²) < 4.78 is 0. The molecule has 0 aliphatic heterocycles. The minimum Gasteiger partial charge on any atom is -0.329 e. The first-order valence-electron chi connectivity index (χ1n) is 3.31. The van der Waals surface area contributed by atoms with Crippen LogP contribution in [0.25, 0.3) is 0 Å². The Bertz CT molecular complexity index is 254. The molecular formula is C9H9NO. The summed E-state index contributed by atoms with van der Waals surface area (Å²) in [6, 6.07) is 9.00. The number of amides is 1. The highest BCUT2D eigenvalue weighted by Gasteiger charge is 1.98. The predicted molar refractivity (Wildman–Crippen MR) is 44.1 cm³/mol. The fourth-order valence-electron chi connectivity index (χ4n) is 0.766. The summed E-state index contributed by atoms with van der Waals surface area (Å²) in [6.45, 7) is 3.39. The van der Waals surface area contributed by atoms with Gasteiger partial charge in [-0.2, -0.15) is 0 Å². The molecule has 0 aliphatic rings. The van der Waals surface area contributed by atoms with E-state index in [1.165, 1.54) is 6.20 Å². The maximum Gasteiger partial charge on any atom is 0.255 e. The zero-order valence-corrected chi connectivity index (χ0v) is 6.08. The number of hydrogen-bond donors (Lipinski definition) is 1. The van der Waals surface area contributed by atoms with E-state index < -0.39 is 0 Å². The fourth-order valence-corrected chi connectivity index (χ4v) is 0.766. The molecule has 0 saturated carbocycles. The Morgan fingerprint density at radius 1 is 1.36 bits per heavy atom. The molecule has 2 heteroatoms. The number of carbonyl (C=O) groups is 1. The summed E-state index contributed by atoms with van der Waals surface area (Å²) in [5, 5.41) is 2.49. The molecule has 1 rings (SSSR count). The van der Waals surface area contributed by atoms with Crippen LogP contribution < -0.4 is 5.32 Å². The second kappa shape index (κ2) is 3.56. The van der Waals surface area contributed by atoms with Crippen LogP contribution in [0.3, 0.4) is 0 Å². The van der Waals surface area contributed by atoms with Gasteiger partial charge in [0.2, 0.25) is 0 Å². The van der Waals surface area contributed by atoms with E-state index in [2.05, 4.69) is 11.9 Å². The Labute approximate surface area is 65.5 Å². The van der Waals surface area contributed by atoms with Crippen molar-refractivity contribution in [1.82, 2.24) is 5.32 Å². The average Bonchev–Trinajstić information content (AvgIpc) is 2.07. The van der Waals surface area contributed by atoms with E-state index in [4.69, 9.17) is 0 Å². The number of nitrogens with one attached hydrogen (secondary N) is 1. The summed E-state index contributed by atoms with van der Waals surface area (Å²) in [6.07, 6.45) is 1.37. The van der Waals surface area contributed by atoms with Crippen molar-refractivity contribution < 1.29 is 4.79 Å². The molecule has 0 bridgehead atoms. The van der Waals surface area contributed by atoms with E-state index >= 15 is 0 Å². The Morgan fingerprint density at radius 3 is 2.55 bits per heavy atom. The third-order valence-electron chi connectivity index (χ3n) is 1.27. The van der Waals surface area contributed by atoms with Gasteiger partial charge >= 0.3 is 0 Å².